The van der Waals surface area contributed by atoms with Crippen LogP contribution < -0.4 is 10.3 Å². The largest absolute Gasteiger partial charge is 0.289 e. The number of nitrogen functional groups attached to an aromatic ring is 1. The maximum Gasteiger partial charge on any atom is 0.276 e. The van der Waals surface area contributed by atoms with Crippen LogP contribution in [0.1, 0.15) is 10.4 Å². The number of benzene rings is 1. The van der Waals surface area contributed by atoms with Crippen molar-refractivity contribution in [1.82, 2.24) is 0 Å². The van der Waals surface area contributed by atoms with E-state index >= 15 is 0 Å². The van der Waals surface area contributed by atoms with Crippen molar-refractivity contribution in [2.75, 3.05) is 5.73 Å². The van der Waals surface area contributed by atoms with E-state index in [1.807, 2.05) is 24.3 Å². The van der Waals surface area contributed by atoms with Gasteiger partial charge in [0, 0.05) is 22.2 Å². The van der Waals surface area contributed by atoms with Crippen LogP contribution in [0, 0.1) is 0 Å². The van der Waals surface area contributed by atoms with Crippen molar-refractivity contribution >= 4 is 33.7 Å². The lowest BCUT2D eigenvalue weighted by Crippen LogP contribution is -2.29. The Kier molecular flexibility index (Phi) is 3.89. The SMILES string of the molecule is Nc1cccc[n+]1C=CC(=O)c1cccc(Br)c1. The number of anilines is 1. The normalized spacial score (nSPS) is 10.7. The van der Waals surface area contributed by atoms with Gasteiger partial charge in [-0.3, -0.25) is 10.5 Å². The summed E-state index contributed by atoms with van der Waals surface area (Å²) in [5.74, 6) is 0.517. The number of aromatic nitrogens is 1. The quantitative estimate of drug-likeness (QED) is 0.538. The summed E-state index contributed by atoms with van der Waals surface area (Å²) in [5, 5.41) is 0. The Morgan fingerprint density at radius 2 is 2.06 bits per heavy atom. The van der Waals surface area contributed by atoms with E-state index in [0.29, 0.717) is 11.4 Å². The summed E-state index contributed by atoms with van der Waals surface area (Å²) >= 11 is 3.34. The molecule has 4 heteroatoms. The summed E-state index contributed by atoms with van der Waals surface area (Å²) in [5.41, 5.74) is 6.40. The molecule has 0 radical (unpaired) electrons. The Hall–Kier alpha value is -1.94. The third-order valence-electron chi connectivity index (χ3n) is 2.42. The summed E-state index contributed by atoms with van der Waals surface area (Å²) in [4.78, 5) is 11.9. The number of carbonyl (C=O) groups excluding carboxylic acids is 1. The number of hydrogen-bond acceptors (Lipinski definition) is 2. The zero-order valence-electron chi connectivity index (χ0n) is 9.58. The highest BCUT2D eigenvalue weighted by Gasteiger charge is 2.03. The number of pyridine rings is 1. The van der Waals surface area contributed by atoms with Gasteiger partial charge in [-0.1, -0.05) is 34.1 Å². The second-order valence-corrected chi connectivity index (χ2v) is 4.64. The van der Waals surface area contributed by atoms with Crippen LogP contribution >= 0.6 is 15.9 Å². The van der Waals surface area contributed by atoms with E-state index in [1.54, 1.807) is 35.2 Å². The predicted molar refractivity (Wildman–Crippen MR) is 74.9 cm³/mol. The van der Waals surface area contributed by atoms with Crippen molar-refractivity contribution in [1.29, 1.82) is 0 Å². The van der Waals surface area contributed by atoms with E-state index in [1.165, 1.54) is 6.08 Å². The Bertz CT molecular complexity index is 608. The first-order chi connectivity index (χ1) is 8.66. The molecule has 18 heavy (non-hydrogen) atoms. The molecule has 0 aliphatic rings. The minimum Gasteiger partial charge on any atom is -0.289 e. The highest BCUT2D eigenvalue weighted by Crippen LogP contribution is 2.12. The van der Waals surface area contributed by atoms with Gasteiger partial charge in [0.1, 0.15) is 0 Å². The zero-order chi connectivity index (χ0) is 13.0. The van der Waals surface area contributed by atoms with E-state index in [0.717, 1.165) is 4.47 Å². The van der Waals surface area contributed by atoms with Crippen LogP contribution in [0.3, 0.4) is 0 Å². The van der Waals surface area contributed by atoms with E-state index in [4.69, 9.17) is 5.73 Å². The predicted octanol–water partition coefficient (Wildman–Crippen LogP) is 2.67. The number of hydrogen-bond donors (Lipinski definition) is 1. The minimum atomic E-state index is -0.0629. The summed E-state index contributed by atoms with van der Waals surface area (Å²) in [6.45, 7) is 0. The molecular formula is C14H12BrN2O+. The van der Waals surface area contributed by atoms with Crippen LogP contribution in [0.2, 0.25) is 0 Å². The number of nitrogens with zero attached hydrogens (tertiary/aromatic N) is 1. The van der Waals surface area contributed by atoms with E-state index in [2.05, 4.69) is 15.9 Å². The van der Waals surface area contributed by atoms with Gasteiger partial charge in [-0.25, -0.2) is 4.57 Å². The molecule has 1 aromatic heterocycles. The molecule has 1 heterocycles. The molecule has 2 N–H and O–H groups in total. The van der Waals surface area contributed by atoms with E-state index in [9.17, 15) is 4.79 Å². The van der Waals surface area contributed by atoms with Gasteiger partial charge < -0.3 is 0 Å². The molecule has 3 nitrogen and oxygen atoms in total. The number of rotatable bonds is 3. The molecule has 0 atom stereocenters. The number of nitrogens with two attached hydrogens (primary N) is 1. The molecule has 0 saturated carbocycles. The van der Waals surface area contributed by atoms with Gasteiger partial charge in [-0.15, -0.1) is 0 Å². The van der Waals surface area contributed by atoms with Crippen molar-refractivity contribution in [3.63, 3.8) is 0 Å². The van der Waals surface area contributed by atoms with Gasteiger partial charge in [-0.2, -0.15) is 0 Å². The molecule has 0 bridgehead atoms. The van der Waals surface area contributed by atoms with Gasteiger partial charge in [0.05, 0.1) is 12.4 Å². The maximum absolute atomic E-state index is 11.9. The highest BCUT2D eigenvalue weighted by molar-refractivity contribution is 9.10. The lowest BCUT2D eigenvalue weighted by molar-refractivity contribution is -0.552. The molecule has 0 saturated heterocycles. The fourth-order valence-electron chi connectivity index (χ4n) is 1.49. The molecule has 0 fully saturated rings. The molecule has 2 rings (SSSR count). The van der Waals surface area contributed by atoms with E-state index in [-0.39, 0.29) is 5.78 Å². The second kappa shape index (κ2) is 5.60. The van der Waals surface area contributed by atoms with Crippen LogP contribution in [0.5, 0.6) is 0 Å². The molecule has 2 aromatic rings. The second-order valence-electron chi connectivity index (χ2n) is 3.72. The van der Waals surface area contributed by atoms with Crippen LogP contribution in [0.4, 0.5) is 5.82 Å². The monoisotopic (exact) mass is 303 g/mol. The van der Waals surface area contributed by atoms with E-state index < -0.39 is 0 Å². The number of allylic oxidation sites excluding steroid dienone is 1. The summed E-state index contributed by atoms with van der Waals surface area (Å²) in [6, 6.07) is 12.7. The zero-order valence-corrected chi connectivity index (χ0v) is 11.2. The number of carbonyl (C=O) groups is 1. The molecule has 1 aromatic carbocycles. The first-order valence-corrected chi connectivity index (χ1v) is 6.20. The number of ketones is 1. The Labute approximate surface area is 114 Å². The topological polar surface area (TPSA) is 47.0 Å². The fourth-order valence-corrected chi connectivity index (χ4v) is 1.89. The van der Waals surface area contributed by atoms with Gasteiger partial charge in [0.2, 0.25) is 0 Å². The highest BCUT2D eigenvalue weighted by atomic mass is 79.9. The first kappa shape index (κ1) is 12.5. The molecule has 0 spiro atoms. The van der Waals surface area contributed by atoms with Gasteiger partial charge in [0.15, 0.2) is 5.78 Å². The van der Waals surface area contributed by atoms with Crippen LogP contribution in [-0.4, -0.2) is 5.78 Å². The summed E-state index contributed by atoms with van der Waals surface area (Å²) in [7, 11) is 0. The Balaban J connectivity index is 2.20. The van der Waals surface area contributed by atoms with Gasteiger partial charge >= 0.3 is 0 Å². The van der Waals surface area contributed by atoms with Crippen molar-refractivity contribution in [2.24, 2.45) is 0 Å². The van der Waals surface area contributed by atoms with Crippen molar-refractivity contribution in [2.45, 2.75) is 0 Å². The lowest BCUT2D eigenvalue weighted by Gasteiger charge is -1.97. The average Bonchev–Trinajstić information content (AvgIpc) is 2.37. The van der Waals surface area contributed by atoms with Crippen LogP contribution in [0.25, 0.3) is 6.20 Å². The van der Waals surface area contributed by atoms with Gasteiger partial charge in [-0.05, 0) is 18.2 Å². The molecule has 0 aliphatic heterocycles. The van der Waals surface area contributed by atoms with Gasteiger partial charge in [0.25, 0.3) is 5.82 Å². The fraction of sp³-hybridized carbons (Fsp3) is 0. The average molecular weight is 304 g/mol. The smallest absolute Gasteiger partial charge is 0.276 e. The summed E-state index contributed by atoms with van der Waals surface area (Å²) < 4.78 is 2.57. The molecule has 0 unspecified atom stereocenters. The van der Waals surface area contributed by atoms with Crippen molar-refractivity contribution in [3.8, 4) is 0 Å². The Morgan fingerprint density at radius 3 is 2.78 bits per heavy atom. The number of halogens is 1. The lowest BCUT2D eigenvalue weighted by atomic mass is 10.1. The van der Waals surface area contributed by atoms with Crippen LogP contribution in [0.15, 0.2) is 59.2 Å². The Morgan fingerprint density at radius 1 is 1.22 bits per heavy atom. The maximum atomic E-state index is 11.9. The standard InChI is InChI=1S/C14H11BrN2O/c15-12-5-3-4-11(10-12)13(18)7-9-17-8-2-1-6-14(17)16/h1-10,16H/p+1. The summed E-state index contributed by atoms with van der Waals surface area (Å²) in [6.07, 6.45) is 4.94. The molecule has 90 valence electrons. The van der Waals surface area contributed by atoms with Crippen molar-refractivity contribution < 1.29 is 9.36 Å². The minimum absolute atomic E-state index is 0.0629. The first-order valence-electron chi connectivity index (χ1n) is 5.40. The molecular weight excluding hydrogens is 292 g/mol. The van der Waals surface area contributed by atoms with Crippen LogP contribution in [-0.2, 0) is 0 Å². The third-order valence-corrected chi connectivity index (χ3v) is 2.91. The van der Waals surface area contributed by atoms with Crippen molar-refractivity contribution in [3.05, 3.63) is 64.8 Å². The molecule has 0 aliphatic carbocycles. The third kappa shape index (κ3) is 3.05. The molecule has 0 amide bonds.